The van der Waals surface area contributed by atoms with Crippen LogP contribution in [0.1, 0.15) is 15.9 Å². The van der Waals surface area contributed by atoms with Gasteiger partial charge in [-0.05, 0) is 46.7 Å². The van der Waals surface area contributed by atoms with Crippen LogP contribution in [-0.4, -0.2) is 31.3 Å². The van der Waals surface area contributed by atoms with Crippen LogP contribution in [0.2, 0.25) is 0 Å². The van der Waals surface area contributed by atoms with Crippen molar-refractivity contribution in [2.24, 2.45) is 10.9 Å². The molecule has 7 nitrogen and oxygen atoms in total. The summed E-state index contributed by atoms with van der Waals surface area (Å²) >= 11 is 0. The Labute approximate surface area is 157 Å². The zero-order chi connectivity index (χ0) is 19.9. The number of benzene rings is 3. The molecule has 0 unspecified atom stereocenters. The first-order chi connectivity index (χ1) is 12.8. The smallest absolute Gasteiger partial charge is 0.261 e. The van der Waals surface area contributed by atoms with E-state index in [-0.39, 0.29) is 5.91 Å². The standard InChI is InChI=1S/C18H15N3O.CH4O3S/c19-20-12-13-6-7-15-11-16(9-8-14(15)10-13)18(22)21-17-4-2-1-3-5-17;1-5(2,3)4/h1-12H,19H2,(H,21,22);1H3,(H,2,3,4). The molecule has 27 heavy (non-hydrogen) atoms. The van der Waals surface area contributed by atoms with Crippen LogP contribution < -0.4 is 11.2 Å². The maximum atomic E-state index is 12.3. The number of hydrogen-bond acceptors (Lipinski definition) is 5. The van der Waals surface area contributed by atoms with Crippen LogP contribution in [0.3, 0.4) is 0 Å². The average Bonchev–Trinajstić information content (AvgIpc) is 2.61. The van der Waals surface area contributed by atoms with Gasteiger partial charge in [0.05, 0.1) is 12.5 Å². The van der Waals surface area contributed by atoms with Crippen LogP contribution >= 0.6 is 0 Å². The molecule has 3 aromatic carbocycles. The van der Waals surface area contributed by atoms with Gasteiger partial charge in [0.2, 0.25) is 0 Å². The molecule has 3 aromatic rings. The maximum absolute atomic E-state index is 12.3. The Kier molecular flexibility index (Phi) is 6.64. The third-order valence-corrected chi connectivity index (χ3v) is 3.38. The first-order valence-corrected chi connectivity index (χ1v) is 9.67. The Bertz CT molecular complexity index is 1060. The van der Waals surface area contributed by atoms with Crippen molar-refractivity contribution in [3.63, 3.8) is 0 Å². The minimum Gasteiger partial charge on any atom is -0.323 e. The molecular formula is C19H19N3O4S. The molecule has 0 bridgehead atoms. The van der Waals surface area contributed by atoms with Gasteiger partial charge in [-0.25, -0.2) is 0 Å². The SMILES string of the molecule is CS(=O)(=O)O.NN=Cc1ccc2cc(C(=O)Nc3ccccc3)ccc2c1. The fourth-order valence-electron chi connectivity index (χ4n) is 2.30. The molecule has 0 aromatic heterocycles. The van der Waals surface area contributed by atoms with Gasteiger partial charge in [0.1, 0.15) is 0 Å². The van der Waals surface area contributed by atoms with E-state index in [0.29, 0.717) is 11.8 Å². The number of carbonyl (C=O) groups excluding carboxylic acids is 1. The molecule has 0 saturated heterocycles. The fourth-order valence-corrected chi connectivity index (χ4v) is 2.30. The number of hydrazone groups is 1. The molecule has 0 aliphatic heterocycles. The lowest BCUT2D eigenvalue weighted by atomic mass is 10.0. The van der Waals surface area contributed by atoms with E-state index in [1.54, 1.807) is 6.21 Å². The van der Waals surface area contributed by atoms with Crippen molar-refractivity contribution in [2.45, 2.75) is 0 Å². The van der Waals surface area contributed by atoms with Crippen LogP contribution in [0.25, 0.3) is 10.8 Å². The van der Waals surface area contributed by atoms with Crippen molar-refractivity contribution in [1.29, 1.82) is 0 Å². The van der Waals surface area contributed by atoms with Gasteiger partial charge >= 0.3 is 0 Å². The van der Waals surface area contributed by atoms with Crippen molar-refractivity contribution in [1.82, 2.24) is 0 Å². The van der Waals surface area contributed by atoms with E-state index in [2.05, 4.69) is 10.4 Å². The third kappa shape index (κ3) is 6.89. The van der Waals surface area contributed by atoms with Gasteiger partial charge in [-0.2, -0.15) is 13.5 Å². The number of hydrogen-bond donors (Lipinski definition) is 3. The number of para-hydroxylation sites is 1. The molecule has 0 fully saturated rings. The number of nitrogens with two attached hydrogens (primary N) is 1. The zero-order valence-electron chi connectivity index (χ0n) is 14.5. The van der Waals surface area contributed by atoms with Crippen LogP contribution in [0.15, 0.2) is 71.8 Å². The highest BCUT2D eigenvalue weighted by Crippen LogP contribution is 2.18. The van der Waals surface area contributed by atoms with Gasteiger partial charge in [-0.1, -0.05) is 36.4 Å². The Morgan fingerprint density at radius 3 is 2.26 bits per heavy atom. The van der Waals surface area contributed by atoms with Gasteiger partial charge in [0, 0.05) is 11.3 Å². The molecule has 1 amide bonds. The zero-order valence-corrected chi connectivity index (χ0v) is 15.3. The first-order valence-electron chi connectivity index (χ1n) is 7.82. The second-order valence-electron chi connectivity index (χ2n) is 5.65. The summed E-state index contributed by atoms with van der Waals surface area (Å²) in [5.74, 6) is 5.03. The van der Waals surface area contributed by atoms with Crippen LogP contribution in [0.4, 0.5) is 5.69 Å². The lowest BCUT2D eigenvalue weighted by Crippen LogP contribution is -2.11. The molecule has 0 aliphatic carbocycles. The number of carbonyl (C=O) groups is 1. The molecule has 8 heteroatoms. The number of amides is 1. The van der Waals surface area contributed by atoms with Crippen molar-refractivity contribution in [2.75, 3.05) is 11.6 Å². The third-order valence-electron chi connectivity index (χ3n) is 3.38. The van der Waals surface area contributed by atoms with E-state index < -0.39 is 10.1 Å². The number of nitrogens with zero attached hydrogens (tertiary/aromatic N) is 1. The molecule has 0 heterocycles. The van der Waals surface area contributed by atoms with E-state index in [4.69, 9.17) is 10.4 Å². The molecule has 0 saturated carbocycles. The van der Waals surface area contributed by atoms with Crippen LogP contribution in [0.5, 0.6) is 0 Å². The monoisotopic (exact) mass is 385 g/mol. The van der Waals surface area contributed by atoms with Gasteiger partial charge in [0.25, 0.3) is 16.0 Å². The quantitative estimate of drug-likeness (QED) is 0.277. The minimum absolute atomic E-state index is 0.124. The molecule has 140 valence electrons. The Morgan fingerprint density at radius 2 is 1.63 bits per heavy atom. The first kappa shape index (κ1) is 20.1. The van der Waals surface area contributed by atoms with E-state index in [1.807, 2.05) is 66.7 Å². The topological polar surface area (TPSA) is 122 Å². The number of nitrogens with one attached hydrogen (secondary N) is 1. The lowest BCUT2D eigenvalue weighted by Gasteiger charge is -2.06. The van der Waals surface area contributed by atoms with Crippen molar-refractivity contribution in [3.8, 4) is 0 Å². The summed E-state index contributed by atoms with van der Waals surface area (Å²) in [7, 11) is -3.67. The largest absolute Gasteiger partial charge is 0.323 e. The molecule has 3 rings (SSSR count). The number of fused-ring (bicyclic) bond motifs is 1. The highest BCUT2D eigenvalue weighted by molar-refractivity contribution is 7.85. The van der Waals surface area contributed by atoms with Gasteiger partial charge in [-0.3, -0.25) is 9.35 Å². The molecule has 4 N–H and O–H groups in total. The Morgan fingerprint density at radius 1 is 1.04 bits per heavy atom. The van der Waals surface area contributed by atoms with Gasteiger partial charge in [-0.15, -0.1) is 0 Å². The summed E-state index contributed by atoms with van der Waals surface area (Å²) in [5.41, 5.74) is 2.33. The van der Waals surface area contributed by atoms with Crippen molar-refractivity contribution < 1.29 is 17.8 Å². The lowest BCUT2D eigenvalue weighted by molar-refractivity contribution is 0.102. The van der Waals surface area contributed by atoms with Crippen molar-refractivity contribution >= 4 is 38.7 Å². The summed E-state index contributed by atoms with van der Waals surface area (Å²) in [6.45, 7) is 0. The highest BCUT2D eigenvalue weighted by atomic mass is 32.2. The maximum Gasteiger partial charge on any atom is 0.261 e. The Hall–Kier alpha value is -3.23. The predicted molar refractivity (Wildman–Crippen MR) is 108 cm³/mol. The highest BCUT2D eigenvalue weighted by Gasteiger charge is 2.07. The Balaban J connectivity index is 0.000000465. The number of rotatable bonds is 3. The molecule has 0 radical (unpaired) electrons. The summed E-state index contributed by atoms with van der Waals surface area (Å²) in [4.78, 5) is 12.3. The van der Waals surface area contributed by atoms with Crippen LogP contribution in [-0.2, 0) is 10.1 Å². The summed E-state index contributed by atoms with van der Waals surface area (Å²) in [6.07, 6.45) is 2.31. The molecule has 0 aliphatic rings. The van der Waals surface area contributed by atoms with Gasteiger partial charge < -0.3 is 11.2 Å². The second kappa shape index (κ2) is 8.93. The molecule has 0 spiro atoms. The van der Waals surface area contributed by atoms with Gasteiger partial charge in [0.15, 0.2) is 0 Å². The van der Waals surface area contributed by atoms with E-state index >= 15 is 0 Å². The van der Waals surface area contributed by atoms with E-state index in [0.717, 1.165) is 22.0 Å². The summed E-state index contributed by atoms with van der Waals surface area (Å²) in [5, 5.41) is 8.43. The predicted octanol–water partition coefficient (Wildman–Crippen LogP) is 2.89. The van der Waals surface area contributed by atoms with Crippen molar-refractivity contribution in [3.05, 3.63) is 77.9 Å². The minimum atomic E-state index is -3.67. The van der Waals surface area contributed by atoms with Crippen LogP contribution in [0, 0.1) is 0 Å². The normalized spacial score (nSPS) is 11.0. The van der Waals surface area contributed by atoms with E-state index in [9.17, 15) is 13.2 Å². The summed E-state index contributed by atoms with van der Waals surface area (Å²) in [6, 6.07) is 20.8. The summed E-state index contributed by atoms with van der Waals surface area (Å²) < 4.78 is 25.9. The molecular weight excluding hydrogens is 366 g/mol. The average molecular weight is 385 g/mol. The fraction of sp³-hybridized carbons (Fsp3) is 0.0526. The number of anilines is 1. The van der Waals surface area contributed by atoms with E-state index in [1.165, 1.54) is 0 Å². The molecule has 0 atom stereocenters. The second-order valence-corrected chi connectivity index (χ2v) is 7.12.